The van der Waals surface area contributed by atoms with Gasteiger partial charge >= 0.3 is 0 Å². The normalized spacial score (nSPS) is 11.3. The molecule has 0 atom stereocenters. The Morgan fingerprint density at radius 2 is 2.13 bits per heavy atom. The summed E-state index contributed by atoms with van der Waals surface area (Å²) in [6, 6.07) is 11.0. The molecule has 122 valence electrons. The van der Waals surface area contributed by atoms with Crippen LogP contribution in [0, 0.1) is 0 Å². The van der Waals surface area contributed by atoms with Crippen LogP contribution in [-0.2, 0) is 13.0 Å². The molecule has 0 fully saturated rings. The molecule has 6 nitrogen and oxygen atoms in total. The van der Waals surface area contributed by atoms with Crippen LogP contribution < -0.4 is 16.4 Å². The molecular formula is C17H22N4O2. The van der Waals surface area contributed by atoms with E-state index in [2.05, 4.69) is 15.6 Å². The molecule has 0 saturated heterocycles. The second kappa shape index (κ2) is 8.63. The molecule has 23 heavy (non-hydrogen) atoms. The summed E-state index contributed by atoms with van der Waals surface area (Å²) in [5, 5.41) is 6.44. The number of hydrogen-bond donors (Lipinski definition) is 3. The van der Waals surface area contributed by atoms with Crippen molar-refractivity contribution in [3.8, 4) is 0 Å². The molecule has 1 amide bonds. The number of amides is 1. The number of rotatable bonds is 7. The molecule has 2 rings (SSSR count). The summed E-state index contributed by atoms with van der Waals surface area (Å²) in [6.07, 6.45) is 2.45. The third-order valence-electron chi connectivity index (χ3n) is 3.22. The van der Waals surface area contributed by atoms with E-state index < -0.39 is 5.91 Å². The molecule has 1 aromatic heterocycles. The molecule has 0 spiro atoms. The summed E-state index contributed by atoms with van der Waals surface area (Å²) in [5.74, 6) is 1.23. The van der Waals surface area contributed by atoms with Crippen molar-refractivity contribution in [3.05, 3.63) is 59.5 Å². The van der Waals surface area contributed by atoms with E-state index in [0.717, 1.165) is 36.8 Å². The Hall–Kier alpha value is -2.76. The van der Waals surface area contributed by atoms with Crippen molar-refractivity contribution in [1.29, 1.82) is 0 Å². The molecule has 0 aliphatic carbocycles. The fourth-order valence-corrected chi connectivity index (χ4v) is 2.09. The van der Waals surface area contributed by atoms with Gasteiger partial charge in [-0.2, -0.15) is 0 Å². The van der Waals surface area contributed by atoms with Crippen LogP contribution in [0.4, 0.5) is 0 Å². The zero-order chi connectivity index (χ0) is 16.5. The van der Waals surface area contributed by atoms with E-state index >= 15 is 0 Å². The Bertz CT molecular complexity index is 650. The fourth-order valence-electron chi connectivity index (χ4n) is 2.09. The third-order valence-corrected chi connectivity index (χ3v) is 3.22. The number of benzene rings is 1. The number of aliphatic imine (C=N–C) groups is 1. The summed E-state index contributed by atoms with van der Waals surface area (Å²) in [4.78, 5) is 15.7. The zero-order valence-corrected chi connectivity index (χ0v) is 13.2. The number of nitrogens with two attached hydrogens (primary N) is 1. The van der Waals surface area contributed by atoms with Crippen LogP contribution in [0.5, 0.6) is 0 Å². The lowest BCUT2D eigenvalue weighted by Gasteiger charge is -2.10. The SMILES string of the molecule is CCNC(=NCc1cccc(C(N)=O)c1)NCCc1ccco1. The second-order valence-corrected chi connectivity index (χ2v) is 5.02. The van der Waals surface area contributed by atoms with Crippen molar-refractivity contribution in [1.82, 2.24) is 10.6 Å². The first kappa shape index (κ1) is 16.6. The summed E-state index contributed by atoms with van der Waals surface area (Å²) in [5.41, 5.74) is 6.72. The molecule has 2 aromatic rings. The van der Waals surface area contributed by atoms with E-state index in [0.29, 0.717) is 12.1 Å². The number of furan rings is 1. The molecule has 0 bridgehead atoms. The van der Waals surface area contributed by atoms with Crippen molar-refractivity contribution in [3.63, 3.8) is 0 Å². The first-order chi connectivity index (χ1) is 11.2. The molecular weight excluding hydrogens is 292 g/mol. The van der Waals surface area contributed by atoms with Gasteiger partial charge in [0.15, 0.2) is 5.96 Å². The number of primary amides is 1. The van der Waals surface area contributed by atoms with Crippen LogP contribution in [0.15, 0.2) is 52.1 Å². The maximum Gasteiger partial charge on any atom is 0.248 e. The predicted molar refractivity (Wildman–Crippen MR) is 90.2 cm³/mol. The highest BCUT2D eigenvalue weighted by molar-refractivity contribution is 5.92. The quantitative estimate of drug-likeness (QED) is 0.535. The molecule has 0 unspecified atom stereocenters. The summed E-state index contributed by atoms with van der Waals surface area (Å²) in [7, 11) is 0. The number of nitrogens with zero attached hydrogens (tertiary/aromatic N) is 1. The molecule has 1 aromatic carbocycles. The van der Waals surface area contributed by atoms with Gasteiger partial charge in [-0.15, -0.1) is 0 Å². The van der Waals surface area contributed by atoms with E-state index in [1.165, 1.54) is 0 Å². The van der Waals surface area contributed by atoms with Crippen molar-refractivity contribution >= 4 is 11.9 Å². The second-order valence-electron chi connectivity index (χ2n) is 5.02. The lowest BCUT2D eigenvalue weighted by Crippen LogP contribution is -2.38. The van der Waals surface area contributed by atoms with Gasteiger partial charge in [-0.25, -0.2) is 4.99 Å². The van der Waals surface area contributed by atoms with Crippen molar-refractivity contribution in [2.75, 3.05) is 13.1 Å². The van der Waals surface area contributed by atoms with Gasteiger partial charge in [-0.1, -0.05) is 12.1 Å². The van der Waals surface area contributed by atoms with Gasteiger partial charge in [0.05, 0.1) is 12.8 Å². The van der Waals surface area contributed by atoms with Crippen LogP contribution in [0.1, 0.15) is 28.6 Å². The standard InChI is InChI=1S/C17H22N4O2/c1-2-19-17(20-9-8-15-7-4-10-23-15)21-12-13-5-3-6-14(11-13)16(18)22/h3-7,10-11H,2,8-9,12H2,1H3,(H2,18,22)(H2,19,20,21). The molecule has 4 N–H and O–H groups in total. The van der Waals surface area contributed by atoms with Gasteiger partial charge < -0.3 is 20.8 Å². The number of carbonyl (C=O) groups excluding carboxylic acids is 1. The highest BCUT2D eigenvalue weighted by atomic mass is 16.3. The van der Waals surface area contributed by atoms with E-state index in [4.69, 9.17) is 10.2 Å². The van der Waals surface area contributed by atoms with Crippen LogP contribution in [0.25, 0.3) is 0 Å². The van der Waals surface area contributed by atoms with Crippen LogP contribution in [0.3, 0.4) is 0 Å². The van der Waals surface area contributed by atoms with Gasteiger partial charge in [0, 0.05) is 25.1 Å². The smallest absolute Gasteiger partial charge is 0.248 e. The molecule has 0 aliphatic heterocycles. The monoisotopic (exact) mass is 314 g/mol. The molecule has 6 heteroatoms. The zero-order valence-electron chi connectivity index (χ0n) is 13.2. The van der Waals surface area contributed by atoms with Gasteiger partial charge in [0.25, 0.3) is 0 Å². The fraction of sp³-hybridized carbons (Fsp3) is 0.294. The van der Waals surface area contributed by atoms with Crippen molar-refractivity contribution < 1.29 is 9.21 Å². The summed E-state index contributed by atoms with van der Waals surface area (Å²) in [6.45, 7) is 3.98. The van der Waals surface area contributed by atoms with Crippen molar-refractivity contribution in [2.24, 2.45) is 10.7 Å². The maximum absolute atomic E-state index is 11.2. The lowest BCUT2D eigenvalue weighted by atomic mass is 10.1. The minimum Gasteiger partial charge on any atom is -0.469 e. The van der Waals surface area contributed by atoms with Crippen LogP contribution in [-0.4, -0.2) is 25.0 Å². The average molecular weight is 314 g/mol. The van der Waals surface area contributed by atoms with Gasteiger partial charge in [0.1, 0.15) is 5.76 Å². The minimum atomic E-state index is -0.431. The highest BCUT2D eigenvalue weighted by Gasteiger charge is 2.02. The predicted octanol–water partition coefficient (Wildman–Crippen LogP) is 1.68. The Morgan fingerprint density at radius 1 is 1.26 bits per heavy atom. The summed E-state index contributed by atoms with van der Waals surface area (Å²) >= 11 is 0. The topological polar surface area (TPSA) is 92.6 Å². The van der Waals surface area contributed by atoms with Crippen LogP contribution in [0.2, 0.25) is 0 Å². The Balaban J connectivity index is 1.92. The average Bonchev–Trinajstić information content (AvgIpc) is 3.06. The number of carbonyl (C=O) groups is 1. The highest BCUT2D eigenvalue weighted by Crippen LogP contribution is 2.06. The van der Waals surface area contributed by atoms with Gasteiger partial charge in [-0.05, 0) is 36.8 Å². The number of guanidine groups is 1. The molecule has 0 radical (unpaired) electrons. The van der Waals surface area contributed by atoms with E-state index in [1.807, 2.05) is 31.2 Å². The largest absolute Gasteiger partial charge is 0.469 e. The first-order valence-electron chi connectivity index (χ1n) is 7.62. The molecule has 0 aliphatic rings. The van der Waals surface area contributed by atoms with E-state index in [9.17, 15) is 4.79 Å². The minimum absolute atomic E-state index is 0.431. The van der Waals surface area contributed by atoms with Gasteiger partial charge in [-0.3, -0.25) is 4.79 Å². The molecule has 0 saturated carbocycles. The van der Waals surface area contributed by atoms with Gasteiger partial charge in [0.2, 0.25) is 5.91 Å². The summed E-state index contributed by atoms with van der Waals surface area (Å²) < 4.78 is 5.30. The Labute approximate surface area is 135 Å². The maximum atomic E-state index is 11.2. The third kappa shape index (κ3) is 5.50. The number of nitrogens with one attached hydrogen (secondary N) is 2. The lowest BCUT2D eigenvalue weighted by molar-refractivity contribution is 0.1000. The molecule has 1 heterocycles. The Morgan fingerprint density at radius 3 is 2.83 bits per heavy atom. The van der Waals surface area contributed by atoms with E-state index in [1.54, 1.807) is 18.4 Å². The van der Waals surface area contributed by atoms with Crippen LogP contribution >= 0.6 is 0 Å². The Kier molecular flexibility index (Phi) is 6.23. The van der Waals surface area contributed by atoms with E-state index in [-0.39, 0.29) is 0 Å². The first-order valence-corrected chi connectivity index (χ1v) is 7.62. The van der Waals surface area contributed by atoms with Crippen molar-refractivity contribution in [2.45, 2.75) is 19.9 Å². The number of hydrogen-bond acceptors (Lipinski definition) is 3.